The summed E-state index contributed by atoms with van der Waals surface area (Å²) in [6, 6.07) is 8.38. The van der Waals surface area contributed by atoms with Crippen LogP contribution in [-0.4, -0.2) is 6.61 Å². The first-order valence-corrected chi connectivity index (χ1v) is 7.70. The SMILES string of the molecule is CCCC1CCC(N)(c2ccc(OCC)cc2)CC1. The van der Waals surface area contributed by atoms with Gasteiger partial charge in [-0.25, -0.2) is 0 Å². The maximum absolute atomic E-state index is 6.62. The summed E-state index contributed by atoms with van der Waals surface area (Å²) in [4.78, 5) is 0. The van der Waals surface area contributed by atoms with E-state index in [2.05, 4.69) is 19.1 Å². The highest BCUT2D eigenvalue weighted by molar-refractivity contribution is 5.32. The van der Waals surface area contributed by atoms with E-state index < -0.39 is 0 Å². The summed E-state index contributed by atoms with van der Waals surface area (Å²) in [7, 11) is 0. The maximum atomic E-state index is 6.62. The van der Waals surface area contributed by atoms with Crippen molar-refractivity contribution >= 4 is 0 Å². The topological polar surface area (TPSA) is 35.2 Å². The number of hydrogen-bond donors (Lipinski definition) is 1. The van der Waals surface area contributed by atoms with E-state index in [0.717, 1.165) is 24.5 Å². The number of nitrogens with two attached hydrogens (primary N) is 1. The molecule has 1 saturated carbocycles. The van der Waals surface area contributed by atoms with Crippen LogP contribution in [0.5, 0.6) is 5.75 Å². The first-order valence-electron chi connectivity index (χ1n) is 7.70. The predicted molar refractivity (Wildman–Crippen MR) is 80.3 cm³/mol. The molecule has 0 unspecified atom stereocenters. The molecule has 2 nitrogen and oxygen atoms in total. The van der Waals surface area contributed by atoms with Crippen molar-refractivity contribution in [3.63, 3.8) is 0 Å². The van der Waals surface area contributed by atoms with E-state index >= 15 is 0 Å². The fourth-order valence-corrected chi connectivity index (χ4v) is 3.23. The molecule has 1 aliphatic rings. The summed E-state index contributed by atoms with van der Waals surface area (Å²) in [6.07, 6.45) is 7.44. The predicted octanol–water partition coefficient (Wildman–Crippen LogP) is 4.23. The molecule has 0 amide bonds. The van der Waals surface area contributed by atoms with Crippen LogP contribution in [0, 0.1) is 5.92 Å². The van der Waals surface area contributed by atoms with Gasteiger partial charge in [0, 0.05) is 5.54 Å². The molecule has 1 aliphatic carbocycles. The molecule has 19 heavy (non-hydrogen) atoms. The molecule has 0 spiro atoms. The van der Waals surface area contributed by atoms with Crippen LogP contribution in [0.2, 0.25) is 0 Å². The fourth-order valence-electron chi connectivity index (χ4n) is 3.23. The fraction of sp³-hybridized carbons (Fsp3) is 0.647. The summed E-state index contributed by atoms with van der Waals surface area (Å²) < 4.78 is 5.49. The van der Waals surface area contributed by atoms with Gasteiger partial charge in [0.1, 0.15) is 5.75 Å². The van der Waals surface area contributed by atoms with Crippen molar-refractivity contribution in [2.45, 2.75) is 57.9 Å². The van der Waals surface area contributed by atoms with Gasteiger partial charge in [0.2, 0.25) is 0 Å². The minimum absolute atomic E-state index is 0.116. The van der Waals surface area contributed by atoms with Crippen LogP contribution in [0.3, 0.4) is 0 Å². The lowest BCUT2D eigenvalue weighted by Crippen LogP contribution is -2.40. The molecule has 0 aromatic heterocycles. The molecular formula is C17H27NO. The third-order valence-electron chi connectivity index (χ3n) is 4.43. The van der Waals surface area contributed by atoms with E-state index in [-0.39, 0.29) is 5.54 Å². The number of hydrogen-bond acceptors (Lipinski definition) is 2. The number of benzene rings is 1. The van der Waals surface area contributed by atoms with Gasteiger partial charge < -0.3 is 10.5 Å². The highest BCUT2D eigenvalue weighted by Gasteiger charge is 2.32. The first kappa shape index (κ1) is 14.4. The maximum Gasteiger partial charge on any atom is 0.119 e. The molecule has 1 fully saturated rings. The number of rotatable bonds is 5. The summed E-state index contributed by atoms with van der Waals surface area (Å²) in [5.41, 5.74) is 7.78. The second-order valence-corrected chi connectivity index (χ2v) is 5.85. The van der Waals surface area contributed by atoms with Crippen molar-refractivity contribution in [1.82, 2.24) is 0 Å². The minimum Gasteiger partial charge on any atom is -0.494 e. The van der Waals surface area contributed by atoms with Crippen LogP contribution >= 0.6 is 0 Å². The molecule has 2 N–H and O–H groups in total. The van der Waals surface area contributed by atoms with Crippen LogP contribution in [0.25, 0.3) is 0 Å². The van der Waals surface area contributed by atoms with Gasteiger partial charge in [-0.05, 0) is 56.2 Å². The molecule has 0 saturated heterocycles. The lowest BCUT2D eigenvalue weighted by atomic mass is 9.72. The lowest BCUT2D eigenvalue weighted by molar-refractivity contribution is 0.226. The standard InChI is InChI=1S/C17H27NO/c1-3-5-14-10-12-17(18,13-11-14)15-6-8-16(9-7-15)19-4-2/h6-9,14H,3-5,10-13,18H2,1-2H3. The third-order valence-corrected chi connectivity index (χ3v) is 4.43. The van der Waals surface area contributed by atoms with Gasteiger partial charge in [0.05, 0.1) is 6.61 Å². The van der Waals surface area contributed by atoms with Gasteiger partial charge in [-0.2, -0.15) is 0 Å². The molecule has 0 atom stereocenters. The molecule has 106 valence electrons. The second-order valence-electron chi connectivity index (χ2n) is 5.85. The molecule has 0 radical (unpaired) electrons. The Labute approximate surface area is 117 Å². The normalized spacial score (nSPS) is 27.2. The monoisotopic (exact) mass is 261 g/mol. The molecule has 2 heteroatoms. The van der Waals surface area contributed by atoms with Crippen LogP contribution in [0.1, 0.15) is 57.9 Å². The van der Waals surface area contributed by atoms with Gasteiger partial charge in [-0.3, -0.25) is 0 Å². The minimum atomic E-state index is -0.116. The Hall–Kier alpha value is -1.02. The number of ether oxygens (including phenoxy) is 1. The Kier molecular flexibility index (Phi) is 4.87. The largest absolute Gasteiger partial charge is 0.494 e. The van der Waals surface area contributed by atoms with Gasteiger partial charge in [0.15, 0.2) is 0 Å². The summed E-state index contributed by atoms with van der Waals surface area (Å²) in [5, 5.41) is 0. The van der Waals surface area contributed by atoms with E-state index in [1.807, 2.05) is 19.1 Å². The molecule has 2 rings (SSSR count). The molecule has 1 aromatic rings. The molecule has 1 aromatic carbocycles. The second kappa shape index (κ2) is 6.42. The van der Waals surface area contributed by atoms with Crippen molar-refractivity contribution in [2.24, 2.45) is 11.7 Å². The van der Waals surface area contributed by atoms with Crippen LogP contribution < -0.4 is 10.5 Å². The van der Waals surface area contributed by atoms with Crippen molar-refractivity contribution in [2.75, 3.05) is 6.61 Å². The lowest BCUT2D eigenvalue weighted by Gasteiger charge is -2.37. The highest BCUT2D eigenvalue weighted by Crippen LogP contribution is 2.39. The zero-order valence-electron chi connectivity index (χ0n) is 12.3. The smallest absolute Gasteiger partial charge is 0.119 e. The molecule has 0 heterocycles. The summed E-state index contributed by atoms with van der Waals surface area (Å²) in [6.45, 7) is 5.00. The van der Waals surface area contributed by atoms with E-state index in [1.54, 1.807) is 0 Å². The zero-order valence-corrected chi connectivity index (χ0v) is 12.3. The summed E-state index contributed by atoms with van der Waals surface area (Å²) in [5.74, 6) is 1.83. The summed E-state index contributed by atoms with van der Waals surface area (Å²) >= 11 is 0. The molecular weight excluding hydrogens is 234 g/mol. The van der Waals surface area contributed by atoms with E-state index in [0.29, 0.717) is 6.61 Å². The average molecular weight is 261 g/mol. The van der Waals surface area contributed by atoms with Crippen LogP contribution in [0.4, 0.5) is 0 Å². The van der Waals surface area contributed by atoms with Gasteiger partial charge in [-0.15, -0.1) is 0 Å². The quantitative estimate of drug-likeness (QED) is 0.861. The highest BCUT2D eigenvalue weighted by atomic mass is 16.5. The first-order chi connectivity index (χ1) is 9.18. The van der Waals surface area contributed by atoms with Gasteiger partial charge in [0.25, 0.3) is 0 Å². The Balaban J connectivity index is 2.00. The van der Waals surface area contributed by atoms with Crippen molar-refractivity contribution in [3.8, 4) is 5.75 Å². The molecule has 0 bridgehead atoms. The Bertz CT molecular complexity index is 377. The van der Waals surface area contributed by atoms with Gasteiger partial charge >= 0.3 is 0 Å². The van der Waals surface area contributed by atoms with Crippen LogP contribution in [0.15, 0.2) is 24.3 Å². The molecule has 0 aliphatic heterocycles. The van der Waals surface area contributed by atoms with Crippen molar-refractivity contribution in [1.29, 1.82) is 0 Å². The van der Waals surface area contributed by atoms with E-state index in [4.69, 9.17) is 10.5 Å². The zero-order chi connectivity index (χ0) is 13.7. The van der Waals surface area contributed by atoms with E-state index in [1.165, 1.54) is 31.2 Å². The Morgan fingerprint density at radius 1 is 1.16 bits per heavy atom. The van der Waals surface area contributed by atoms with Crippen molar-refractivity contribution < 1.29 is 4.74 Å². The Morgan fingerprint density at radius 2 is 1.79 bits per heavy atom. The van der Waals surface area contributed by atoms with Crippen LogP contribution in [-0.2, 0) is 5.54 Å². The third kappa shape index (κ3) is 3.50. The van der Waals surface area contributed by atoms with Crippen molar-refractivity contribution in [3.05, 3.63) is 29.8 Å². The average Bonchev–Trinajstić information content (AvgIpc) is 2.43. The Morgan fingerprint density at radius 3 is 2.32 bits per heavy atom. The van der Waals surface area contributed by atoms with E-state index in [9.17, 15) is 0 Å². The van der Waals surface area contributed by atoms with Gasteiger partial charge in [-0.1, -0.05) is 31.9 Å².